The number of methoxy groups -OCH3 is 1. The van der Waals surface area contributed by atoms with Gasteiger partial charge < -0.3 is 29.5 Å². The van der Waals surface area contributed by atoms with Crippen LogP contribution in [0.1, 0.15) is 51.4 Å². The van der Waals surface area contributed by atoms with Gasteiger partial charge in [0.15, 0.2) is 11.8 Å². The summed E-state index contributed by atoms with van der Waals surface area (Å²) in [5, 5.41) is 10.9. The van der Waals surface area contributed by atoms with Crippen molar-refractivity contribution >= 4 is 35.6 Å². The van der Waals surface area contributed by atoms with E-state index in [9.17, 15) is 0 Å². The number of benzene rings is 1. The smallest absolute Gasteiger partial charge is 0.248 e. The van der Waals surface area contributed by atoms with Crippen LogP contribution in [-0.4, -0.2) is 55.5 Å². The maximum Gasteiger partial charge on any atom is 0.248 e. The molecule has 2 N–H and O–H groups in total. The Kier molecular flexibility index (Phi) is 11.0. The molecule has 0 aliphatic carbocycles. The van der Waals surface area contributed by atoms with E-state index < -0.39 is 0 Å². The standard InChI is InChI=1S/C22H34N6O3.HI/c1-5-23-22(24-14-20-26-21(27-31-20)16(3)30-6-2)25-17-9-8-12-28(15-17)18-10-7-11-19(13-18)29-4;/h7,10-11,13,16-17H,5-6,8-9,12,14-15H2,1-4H3,(H2,23,24,25);1H. The van der Waals surface area contributed by atoms with E-state index in [1.54, 1.807) is 7.11 Å². The second kappa shape index (κ2) is 13.5. The van der Waals surface area contributed by atoms with Gasteiger partial charge in [0.25, 0.3) is 0 Å². The fourth-order valence-electron chi connectivity index (χ4n) is 3.62. The topological polar surface area (TPSA) is 97.0 Å². The van der Waals surface area contributed by atoms with Crippen LogP contribution in [0.5, 0.6) is 5.75 Å². The molecule has 2 unspecified atom stereocenters. The average molecular weight is 558 g/mol. The molecular weight excluding hydrogens is 523 g/mol. The zero-order chi connectivity index (χ0) is 22.1. The summed E-state index contributed by atoms with van der Waals surface area (Å²) in [4.78, 5) is 11.4. The van der Waals surface area contributed by atoms with Gasteiger partial charge in [0.2, 0.25) is 5.89 Å². The first-order chi connectivity index (χ1) is 15.1. The second-order valence-electron chi connectivity index (χ2n) is 7.47. The molecule has 0 spiro atoms. The summed E-state index contributed by atoms with van der Waals surface area (Å²) in [5.41, 5.74) is 1.18. The van der Waals surface area contributed by atoms with Gasteiger partial charge in [-0.3, -0.25) is 0 Å². The predicted molar refractivity (Wildman–Crippen MR) is 136 cm³/mol. The summed E-state index contributed by atoms with van der Waals surface area (Å²) in [5.74, 6) is 2.64. The molecule has 1 aromatic heterocycles. The van der Waals surface area contributed by atoms with Crippen LogP contribution in [0.3, 0.4) is 0 Å². The van der Waals surface area contributed by atoms with Crippen molar-refractivity contribution in [2.24, 2.45) is 4.99 Å². The summed E-state index contributed by atoms with van der Waals surface area (Å²) < 4.78 is 16.2. The van der Waals surface area contributed by atoms with Crippen LogP contribution in [0.15, 0.2) is 33.8 Å². The molecule has 10 heteroatoms. The number of anilines is 1. The predicted octanol–water partition coefficient (Wildman–Crippen LogP) is 3.52. The van der Waals surface area contributed by atoms with E-state index in [4.69, 9.17) is 14.0 Å². The normalized spacial score (nSPS) is 17.4. The first-order valence-corrected chi connectivity index (χ1v) is 11.0. The van der Waals surface area contributed by atoms with Crippen LogP contribution in [0.2, 0.25) is 0 Å². The number of aliphatic imine (C=N–C) groups is 1. The number of halogens is 1. The van der Waals surface area contributed by atoms with Crippen LogP contribution < -0.4 is 20.3 Å². The minimum atomic E-state index is -0.192. The van der Waals surface area contributed by atoms with Gasteiger partial charge in [-0.25, -0.2) is 4.99 Å². The molecular formula is C22H35IN6O3. The minimum absolute atomic E-state index is 0. The Labute approximate surface area is 207 Å². The molecule has 0 amide bonds. The van der Waals surface area contributed by atoms with E-state index in [0.717, 1.165) is 44.2 Å². The van der Waals surface area contributed by atoms with Crippen LogP contribution in [-0.2, 0) is 11.3 Å². The maximum atomic E-state index is 5.51. The van der Waals surface area contributed by atoms with E-state index >= 15 is 0 Å². The molecule has 0 radical (unpaired) electrons. The number of rotatable bonds is 9. The van der Waals surface area contributed by atoms with Gasteiger partial charge in [-0.1, -0.05) is 11.2 Å². The highest BCUT2D eigenvalue weighted by atomic mass is 127. The van der Waals surface area contributed by atoms with Gasteiger partial charge >= 0.3 is 0 Å². The van der Waals surface area contributed by atoms with Gasteiger partial charge in [-0.15, -0.1) is 24.0 Å². The number of hydrogen-bond acceptors (Lipinski definition) is 7. The van der Waals surface area contributed by atoms with Gasteiger partial charge in [0, 0.05) is 44.0 Å². The highest BCUT2D eigenvalue weighted by Crippen LogP contribution is 2.24. The fraction of sp³-hybridized carbons (Fsp3) is 0.591. The summed E-state index contributed by atoms with van der Waals surface area (Å²) in [6.07, 6.45) is 2.00. The molecule has 32 heavy (non-hydrogen) atoms. The van der Waals surface area contributed by atoms with Gasteiger partial charge in [-0.2, -0.15) is 4.98 Å². The highest BCUT2D eigenvalue weighted by Gasteiger charge is 2.21. The number of aromatic nitrogens is 2. The first kappa shape index (κ1) is 26.2. The Balaban J connectivity index is 0.00000363. The minimum Gasteiger partial charge on any atom is -0.497 e. The lowest BCUT2D eigenvalue weighted by molar-refractivity contribution is 0.0683. The van der Waals surface area contributed by atoms with Gasteiger partial charge in [0.05, 0.1) is 7.11 Å². The molecule has 1 aliphatic heterocycles. The van der Waals surface area contributed by atoms with Crippen molar-refractivity contribution in [2.75, 3.05) is 38.3 Å². The number of nitrogens with one attached hydrogen (secondary N) is 2. The Bertz CT molecular complexity index is 847. The third-order valence-electron chi connectivity index (χ3n) is 5.16. The molecule has 0 bridgehead atoms. The third kappa shape index (κ3) is 7.51. The van der Waals surface area contributed by atoms with E-state index in [0.29, 0.717) is 24.9 Å². The summed E-state index contributed by atoms with van der Waals surface area (Å²) >= 11 is 0. The van der Waals surface area contributed by atoms with Crippen molar-refractivity contribution in [1.29, 1.82) is 0 Å². The molecule has 1 aliphatic rings. The maximum absolute atomic E-state index is 5.51. The zero-order valence-corrected chi connectivity index (χ0v) is 21.7. The fourth-order valence-corrected chi connectivity index (χ4v) is 3.62. The Morgan fingerprint density at radius 2 is 2.22 bits per heavy atom. The highest BCUT2D eigenvalue weighted by molar-refractivity contribution is 14.0. The van der Waals surface area contributed by atoms with Crippen LogP contribution >= 0.6 is 24.0 Å². The van der Waals surface area contributed by atoms with Crippen molar-refractivity contribution in [1.82, 2.24) is 20.8 Å². The lowest BCUT2D eigenvalue weighted by Crippen LogP contribution is -2.51. The van der Waals surface area contributed by atoms with Crippen LogP contribution in [0.25, 0.3) is 0 Å². The number of piperidine rings is 1. The molecule has 2 heterocycles. The summed E-state index contributed by atoms with van der Waals surface area (Å²) in [6.45, 7) is 9.51. The molecule has 1 saturated heterocycles. The molecule has 178 valence electrons. The van der Waals surface area contributed by atoms with Crippen molar-refractivity contribution in [3.05, 3.63) is 36.0 Å². The lowest BCUT2D eigenvalue weighted by atomic mass is 10.0. The van der Waals surface area contributed by atoms with Gasteiger partial charge in [-0.05, 0) is 45.7 Å². The van der Waals surface area contributed by atoms with Crippen molar-refractivity contribution < 1.29 is 14.0 Å². The van der Waals surface area contributed by atoms with Crippen LogP contribution in [0.4, 0.5) is 5.69 Å². The Morgan fingerprint density at radius 3 is 2.97 bits per heavy atom. The van der Waals surface area contributed by atoms with Gasteiger partial charge in [0.1, 0.15) is 18.4 Å². The summed E-state index contributed by atoms with van der Waals surface area (Å²) in [6, 6.07) is 8.49. The largest absolute Gasteiger partial charge is 0.497 e. The molecule has 1 aromatic carbocycles. The Morgan fingerprint density at radius 1 is 1.38 bits per heavy atom. The van der Waals surface area contributed by atoms with E-state index in [2.05, 4.69) is 49.7 Å². The molecule has 9 nitrogen and oxygen atoms in total. The average Bonchev–Trinajstić information content (AvgIpc) is 3.27. The first-order valence-electron chi connectivity index (χ1n) is 11.0. The number of guanidine groups is 1. The van der Waals surface area contributed by atoms with E-state index in [1.165, 1.54) is 5.69 Å². The SMILES string of the molecule is CCNC(=NCc1nc(C(C)OCC)no1)NC1CCCN(c2cccc(OC)c2)C1.I. The second-order valence-corrected chi connectivity index (χ2v) is 7.47. The van der Waals surface area contributed by atoms with E-state index in [-0.39, 0.29) is 36.1 Å². The molecule has 2 atom stereocenters. The monoisotopic (exact) mass is 558 g/mol. The molecule has 3 rings (SSSR count). The molecule has 1 fully saturated rings. The number of hydrogen-bond donors (Lipinski definition) is 2. The lowest BCUT2D eigenvalue weighted by Gasteiger charge is -2.35. The quantitative estimate of drug-likeness (QED) is 0.274. The van der Waals surface area contributed by atoms with Crippen LogP contribution in [0, 0.1) is 0 Å². The molecule has 0 saturated carbocycles. The zero-order valence-electron chi connectivity index (χ0n) is 19.3. The van der Waals surface area contributed by atoms with E-state index in [1.807, 2.05) is 26.0 Å². The van der Waals surface area contributed by atoms with Crippen molar-refractivity contribution in [3.8, 4) is 5.75 Å². The van der Waals surface area contributed by atoms with Crippen molar-refractivity contribution in [3.63, 3.8) is 0 Å². The van der Waals surface area contributed by atoms with Crippen molar-refractivity contribution in [2.45, 2.75) is 52.3 Å². The Hall–Kier alpha value is -2.08. The third-order valence-corrected chi connectivity index (χ3v) is 5.16. The molecule has 2 aromatic rings. The number of nitrogens with zero attached hydrogens (tertiary/aromatic N) is 4. The summed E-state index contributed by atoms with van der Waals surface area (Å²) in [7, 11) is 1.70. The number of ether oxygens (including phenoxy) is 2.